The monoisotopic (exact) mass is 944 g/mol. The number of hydrogen-bond donors (Lipinski definition) is 12. The second kappa shape index (κ2) is 35.0. The van der Waals surface area contributed by atoms with E-state index in [0.29, 0.717) is 102 Å². The molecule has 15 atom stereocenters. The molecule has 0 unspecified atom stereocenters. The van der Waals surface area contributed by atoms with Gasteiger partial charge in [-0.2, -0.15) is 0 Å². The summed E-state index contributed by atoms with van der Waals surface area (Å²) in [6.45, 7) is 11.9. The van der Waals surface area contributed by atoms with Gasteiger partial charge in [0.15, 0.2) is 5.96 Å². The van der Waals surface area contributed by atoms with Crippen molar-refractivity contribution in [3.05, 3.63) is 23.3 Å². The molecule has 0 bridgehead atoms. The highest BCUT2D eigenvalue weighted by atomic mass is 16.5. The van der Waals surface area contributed by atoms with Gasteiger partial charge < -0.3 is 67.3 Å². The Morgan fingerprint density at radius 3 is 1.89 bits per heavy atom. The molecular weight excluding hydrogens is 847 g/mol. The van der Waals surface area contributed by atoms with Crippen molar-refractivity contribution in [1.29, 1.82) is 0 Å². The predicted octanol–water partition coefficient (Wildman–Crippen LogP) is 5.20. The third-order valence-electron chi connectivity index (χ3n) is 13.6. The third-order valence-corrected chi connectivity index (χ3v) is 13.6. The second-order valence-corrected chi connectivity index (χ2v) is 20.1. The Morgan fingerprint density at radius 1 is 0.727 bits per heavy atom. The summed E-state index contributed by atoms with van der Waals surface area (Å²) in [7, 11) is 0. The lowest BCUT2D eigenvalue weighted by Gasteiger charge is -2.34. The molecule has 0 aliphatic carbocycles. The maximum absolute atomic E-state index is 14.2. The third kappa shape index (κ3) is 27.7. The van der Waals surface area contributed by atoms with Crippen molar-refractivity contribution < 1.29 is 60.6 Å². The number of aliphatic hydroxyl groups excluding tert-OH is 10. The molecule has 0 fully saturated rings. The number of unbranched alkanes of at least 4 members (excludes halogenated alkanes) is 2. The van der Waals surface area contributed by atoms with E-state index in [-0.39, 0.29) is 49.9 Å². The summed E-state index contributed by atoms with van der Waals surface area (Å²) in [5.41, 5.74) is 12.7. The largest absolute Gasteiger partial charge is 0.461 e. The minimum Gasteiger partial charge on any atom is -0.461 e. The number of carbonyl (C=O) groups is 1. The van der Waals surface area contributed by atoms with E-state index in [1.165, 1.54) is 0 Å². The molecule has 0 aromatic rings. The molecule has 0 amide bonds. The van der Waals surface area contributed by atoms with Crippen molar-refractivity contribution in [1.82, 2.24) is 0 Å². The molecule has 15 heteroatoms. The van der Waals surface area contributed by atoms with Crippen LogP contribution < -0.4 is 11.5 Å². The van der Waals surface area contributed by atoms with Crippen molar-refractivity contribution in [2.24, 2.45) is 40.1 Å². The van der Waals surface area contributed by atoms with Crippen molar-refractivity contribution >= 4 is 11.9 Å². The molecule has 0 saturated heterocycles. The van der Waals surface area contributed by atoms with Crippen LogP contribution in [0.1, 0.15) is 189 Å². The van der Waals surface area contributed by atoms with Crippen LogP contribution in [0.5, 0.6) is 0 Å². The number of guanidine groups is 1. The van der Waals surface area contributed by atoms with Crippen LogP contribution in [0, 0.1) is 23.7 Å². The number of rotatable bonds is 10. The maximum atomic E-state index is 14.2. The smallest absolute Gasteiger partial charge is 0.311 e. The lowest BCUT2D eigenvalue weighted by molar-refractivity contribution is -0.167. The van der Waals surface area contributed by atoms with E-state index in [1.807, 2.05) is 27.7 Å². The van der Waals surface area contributed by atoms with Gasteiger partial charge in [0.2, 0.25) is 0 Å². The SMILES string of the molecule is CCCCC[C@H]1C(=O)O[C@@H]([C@H](C)[C@H](O)CCCN=C(N)N)[C@H](C)/C=C(\C)CCCC[C@H](O)C[C@@H](O)C[C@H](O)C[C@H](O)C[C@H](O)C/C=C(\C)[C@@H](O)CCC[C@@H](O)CCC[C@@H](O)CC[C@H](C)[C@H]1O. The molecule has 0 spiro atoms. The second-order valence-electron chi connectivity index (χ2n) is 20.1. The molecule has 66 heavy (non-hydrogen) atoms. The number of ether oxygens (including phenoxy) is 1. The molecule has 14 N–H and O–H groups in total. The van der Waals surface area contributed by atoms with Gasteiger partial charge in [0, 0.05) is 18.4 Å². The number of nitrogens with two attached hydrogens (primary N) is 2. The molecule has 0 aromatic carbocycles. The first-order chi connectivity index (χ1) is 31.1. The van der Waals surface area contributed by atoms with E-state index in [1.54, 1.807) is 13.0 Å². The van der Waals surface area contributed by atoms with Crippen molar-refractivity contribution in [3.8, 4) is 0 Å². The normalized spacial score (nSPS) is 35.5. The van der Waals surface area contributed by atoms with Gasteiger partial charge in [-0.05, 0) is 147 Å². The zero-order valence-corrected chi connectivity index (χ0v) is 41.7. The molecule has 388 valence electrons. The van der Waals surface area contributed by atoms with E-state index in [2.05, 4.69) is 18.0 Å². The zero-order chi connectivity index (χ0) is 49.8. The number of carbonyl (C=O) groups excluding carboxylic acids is 1. The Balaban J connectivity index is 3.28. The Labute approximate surface area is 397 Å². The molecule has 0 radical (unpaired) electrons. The fraction of sp³-hybridized carbons (Fsp3) is 0.882. The fourth-order valence-corrected chi connectivity index (χ4v) is 9.25. The number of esters is 1. The zero-order valence-electron chi connectivity index (χ0n) is 41.7. The Hall–Kier alpha value is -2.18. The van der Waals surface area contributed by atoms with E-state index < -0.39 is 84.9 Å². The van der Waals surface area contributed by atoms with Crippen LogP contribution in [-0.2, 0) is 9.53 Å². The summed E-state index contributed by atoms with van der Waals surface area (Å²) in [5, 5.41) is 108. The number of allylic oxidation sites excluding steroid dienone is 1. The minimum atomic E-state index is -1.03. The molecule has 1 heterocycles. The van der Waals surface area contributed by atoms with E-state index in [0.717, 1.165) is 31.3 Å². The molecule has 1 aliphatic heterocycles. The maximum Gasteiger partial charge on any atom is 0.311 e. The summed E-state index contributed by atoms with van der Waals surface area (Å²) in [6.07, 6.45) is 5.18. The van der Waals surface area contributed by atoms with Crippen LogP contribution in [0.4, 0.5) is 0 Å². The van der Waals surface area contributed by atoms with Gasteiger partial charge in [-0.25, -0.2) is 0 Å². The lowest BCUT2D eigenvalue weighted by atomic mass is 9.83. The first-order valence-corrected chi connectivity index (χ1v) is 25.5. The topological polar surface area (TPSA) is 293 Å². The van der Waals surface area contributed by atoms with Crippen LogP contribution in [0.15, 0.2) is 28.3 Å². The quantitative estimate of drug-likeness (QED) is 0.0441. The molecule has 0 aromatic heterocycles. The number of aliphatic imine (C=N–C) groups is 1. The van der Waals surface area contributed by atoms with Gasteiger partial charge in [-0.1, -0.05) is 71.1 Å². The average molecular weight is 944 g/mol. The molecule has 1 rings (SSSR count). The first-order valence-electron chi connectivity index (χ1n) is 25.5. The number of nitrogens with zero attached hydrogens (tertiary/aromatic N) is 1. The van der Waals surface area contributed by atoms with Crippen LogP contribution in [0.25, 0.3) is 0 Å². The van der Waals surface area contributed by atoms with Crippen LogP contribution in [0.2, 0.25) is 0 Å². The highest BCUT2D eigenvalue weighted by Crippen LogP contribution is 2.31. The highest BCUT2D eigenvalue weighted by molar-refractivity contribution is 5.75. The summed E-state index contributed by atoms with van der Waals surface area (Å²) < 4.78 is 6.36. The standard InChI is InChI=1S/C51H97N3O12/c1-7-8-9-20-45-48(64)35(4)24-25-39(56)18-12-17-38(55)19-13-21-46(62)34(3)23-26-41(58)30-43(60)32-44(61)31-42(59)29-40(57)16-11-10-15-33(2)28-36(5)49(66-50(45)65)37(6)47(63)22-14-27-54-51(52)53/h23,28,35-49,55-64H,7-22,24-27,29-32H2,1-6H3,(H4,52,53,54)/b33-28+,34-23+/t35-,36+,37+,38-,39+,40-,41+,42+,43+,44-,45+,46-,47+,48+,49+/m0/s1. The van der Waals surface area contributed by atoms with Crippen molar-refractivity contribution in [2.75, 3.05) is 6.54 Å². The number of aliphatic hydroxyl groups is 10. The lowest BCUT2D eigenvalue weighted by Crippen LogP contribution is -2.42. The van der Waals surface area contributed by atoms with E-state index in [4.69, 9.17) is 16.2 Å². The van der Waals surface area contributed by atoms with E-state index >= 15 is 0 Å². The summed E-state index contributed by atoms with van der Waals surface area (Å²) in [4.78, 5) is 18.3. The van der Waals surface area contributed by atoms with Gasteiger partial charge in [-0.15, -0.1) is 0 Å². The van der Waals surface area contributed by atoms with Crippen LogP contribution in [0.3, 0.4) is 0 Å². The molecule has 1 aliphatic rings. The minimum absolute atomic E-state index is 0.0122. The fourth-order valence-electron chi connectivity index (χ4n) is 9.25. The summed E-state index contributed by atoms with van der Waals surface area (Å²) >= 11 is 0. The van der Waals surface area contributed by atoms with Crippen molar-refractivity contribution in [2.45, 2.75) is 256 Å². The van der Waals surface area contributed by atoms with Gasteiger partial charge in [-0.3, -0.25) is 9.79 Å². The van der Waals surface area contributed by atoms with Gasteiger partial charge >= 0.3 is 5.97 Å². The highest BCUT2D eigenvalue weighted by Gasteiger charge is 2.37. The van der Waals surface area contributed by atoms with Crippen molar-refractivity contribution in [3.63, 3.8) is 0 Å². The Kier molecular flexibility index (Phi) is 32.8. The summed E-state index contributed by atoms with van der Waals surface area (Å²) in [6, 6.07) is 0. The summed E-state index contributed by atoms with van der Waals surface area (Å²) in [5.74, 6) is -2.42. The van der Waals surface area contributed by atoms with Gasteiger partial charge in [0.25, 0.3) is 0 Å². The van der Waals surface area contributed by atoms with Gasteiger partial charge in [0.1, 0.15) is 6.10 Å². The van der Waals surface area contributed by atoms with Gasteiger partial charge in [0.05, 0.1) is 67.0 Å². The Bertz CT molecular complexity index is 1360. The molecule has 15 nitrogen and oxygen atoms in total. The number of hydrogen-bond acceptors (Lipinski definition) is 13. The molecule has 0 saturated carbocycles. The predicted molar refractivity (Wildman–Crippen MR) is 261 cm³/mol. The van der Waals surface area contributed by atoms with E-state index in [9.17, 15) is 55.9 Å². The first kappa shape index (κ1) is 61.8. The average Bonchev–Trinajstić information content (AvgIpc) is 3.24. The molecular formula is C51H97N3O12. The van der Waals surface area contributed by atoms with Crippen LogP contribution in [-0.4, -0.2) is 137 Å². The van der Waals surface area contributed by atoms with Crippen LogP contribution >= 0.6 is 0 Å². The Morgan fingerprint density at radius 2 is 1.29 bits per heavy atom. The number of cyclic esters (lactones) is 1.